The van der Waals surface area contributed by atoms with Crippen LogP contribution in [0, 0.1) is 5.82 Å². The Bertz CT molecular complexity index is 581. The molecule has 4 heteroatoms. The van der Waals surface area contributed by atoms with Crippen LogP contribution in [0.4, 0.5) is 10.1 Å². The summed E-state index contributed by atoms with van der Waals surface area (Å²) in [6.07, 6.45) is 0.890. The van der Waals surface area contributed by atoms with E-state index in [-0.39, 0.29) is 18.3 Å². The summed E-state index contributed by atoms with van der Waals surface area (Å²) in [5.41, 5.74) is 2.34. The van der Waals surface area contributed by atoms with Crippen molar-refractivity contribution in [2.24, 2.45) is 0 Å². The van der Waals surface area contributed by atoms with Crippen molar-refractivity contribution in [2.75, 3.05) is 5.32 Å². The zero-order valence-electron chi connectivity index (χ0n) is 11.0. The normalized spacial score (nSPS) is 10.3. The molecule has 0 aliphatic heterocycles. The van der Waals surface area contributed by atoms with Crippen LogP contribution in [0.3, 0.4) is 0 Å². The molecule has 2 aromatic carbocycles. The highest BCUT2D eigenvalue weighted by atomic mass is 19.1. The molecule has 0 saturated carbocycles. The first-order valence-corrected chi connectivity index (χ1v) is 6.41. The van der Waals surface area contributed by atoms with Crippen molar-refractivity contribution in [3.8, 4) is 0 Å². The number of hydrogen-bond donors (Lipinski definition) is 2. The first-order valence-electron chi connectivity index (χ1n) is 6.41. The molecule has 2 N–H and O–H groups in total. The lowest BCUT2D eigenvalue weighted by atomic mass is 10.1. The number of anilines is 1. The minimum atomic E-state index is -0.279. The molecule has 0 atom stereocenters. The molecule has 0 aromatic heterocycles. The number of rotatable bonds is 5. The lowest BCUT2D eigenvalue weighted by Crippen LogP contribution is -2.12. The summed E-state index contributed by atoms with van der Waals surface area (Å²) in [5, 5.41) is 11.8. The topological polar surface area (TPSA) is 49.3 Å². The van der Waals surface area contributed by atoms with Crippen LogP contribution < -0.4 is 5.32 Å². The van der Waals surface area contributed by atoms with E-state index in [1.807, 2.05) is 0 Å². The van der Waals surface area contributed by atoms with Crippen molar-refractivity contribution in [1.82, 2.24) is 0 Å². The van der Waals surface area contributed by atoms with Gasteiger partial charge in [0.2, 0.25) is 5.91 Å². The summed E-state index contributed by atoms with van der Waals surface area (Å²) < 4.78 is 12.7. The lowest BCUT2D eigenvalue weighted by Gasteiger charge is -2.06. The second-order valence-corrected chi connectivity index (χ2v) is 4.53. The molecule has 0 bridgehead atoms. The zero-order chi connectivity index (χ0) is 14.4. The van der Waals surface area contributed by atoms with Crippen LogP contribution in [-0.2, 0) is 17.8 Å². The first-order chi connectivity index (χ1) is 9.67. The van der Waals surface area contributed by atoms with E-state index in [0.717, 1.165) is 11.1 Å². The number of halogens is 1. The molecule has 0 radical (unpaired) electrons. The fraction of sp³-hybridized carbons (Fsp3) is 0.188. The molecule has 2 rings (SSSR count). The quantitative estimate of drug-likeness (QED) is 0.880. The van der Waals surface area contributed by atoms with Gasteiger partial charge in [-0.05, 0) is 41.8 Å². The van der Waals surface area contributed by atoms with Gasteiger partial charge < -0.3 is 10.4 Å². The molecule has 20 heavy (non-hydrogen) atoms. The molecule has 0 saturated heterocycles. The van der Waals surface area contributed by atoms with Gasteiger partial charge in [-0.3, -0.25) is 4.79 Å². The van der Waals surface area contributed by atoms with Gasteiger partial charge in [0, 0.05) is 12.1 Å². The molecule has 0 aliphatic rings. The van der Waals surface area contributed by atoms with Crippen molar-refractivity contribution < 1.29 is 14.3 Å². The van der Waals surface area contributed by atoms with E-state index < -0.39 is 0 Å². The van der Waals surface area contributed by atoms with Crippen molar-refractivity contribution in [2.45, 2.75) is 19.4 Å². The van der Waals surface area contributed by atoms with Crippen LogP contribution in [-0.4, -0.2) is 11.0 Å². The summed E-state index contributed by atoms with van der Waals surface area (Å²) in [6, 6.07) is 13.2. The van der Waals surface area contributed by atoms with E-state index >= 15 is 0 Å². The van der Waals surface area contributed by atoms with E-state index in [2.05, 4.69) is 5.32 Å². The van der Waals surface area contributed by atoms with E-state index in [0.29, 0.717) is 18.5 Å². The van der Waals surface area contributed by atoms with Gasteiger partial charge in [0.25, 0.3) is 0 Å². The van der Waals surface area contributed by atoms with Gasteiger partial charge in [-0.25, -0.2) is 4.39 Å². The standard InChI is InChI=1S/C16H16FNO2/c17-14-7-4-12(5-8-14)6-9-16(20)18-15-3-1-2-13(10-15)11-19/h1-5,7-8,10,19H,6,9,11H2,(H,18,20). The Labute approximate surface area is 117 Å². The highest BCUT2D eigenvalue weighted by Gasteiger charge is 2.04. The number of carbonyl (C=O) groups is 1. The van der Waals surface area contributed by atoms with Gasteiger partial charge in [-0.15, -0.1) is 0 Å². The Morgan fingerprint density at radius 3 is 2.55 bits per heavy atom. The maximum absolute atomic E-state index is 12.7. The second-order valence-electron chi connectivity index (χ2n) is 4.53. The van der Waals surface area contributed by atoms with Crippen molar-refractivity contribution >= 4 is 11.6 Å². The van der Waals surface area contributed by atoms with E-state index in [1.54, 1.807) is 36.4 Å². The second kappa shape index (κ2) is 6.82. The van der Waals surface area contributed by atoms with Gasteiger partial charge in [-0.1, -0.05) is 24.3 Å². The molecule has 1 amide bonds. The molecule has 0 fully saturated rings. The van der Waals surface area contributed by atoms with Gasteiger partial charge in [0.15, 0.2) is 0 Å². The number of carbonyl (C=O) groups excluding carboxylic acids is 1. The Morgan fingerprint density at radius 2 is 1.85 bits per heavy atom. The number of aliphatic hydroxyl groups is 1. The smallest absolute Gasteiger partial charge is 0.224 e. The third-order valence-corrected chi connectivity index (χ3v) is 2.95. The van der Waals surface area contributed by atoms with Gasteiger partial charge in [0.1, 0.15) is 5.82 Å². The Morgan fingerprint density at radius 1 is 1.10 bits per heavy atom. The molecule has 0 heterocycles. The summed E-state index contributed by atoms with van der Waals surface area (Å²) >= 11 is 0. The van der Waals surface area contributed by atoms with Crippen molar-refractivity contribution in [3.05, 3.63) is 65.5 Å². The predicted octanol–water partition coefficient (Wildman–Crippen LogP) is 2.89. The Kier molecular flexibility index (Phi) is 4.85. The number of aryl methyl sites for hydroxylation is 1. The van der Waals surface area contributed by atoms with E-state index in [9.17, 15) is 9.18 Å². The average molecular weight is 273 g/mol. The molecule has 0 aliphatic carbocycles. The fourth-order valence-corrected chi connectivity index (χ4v) is 1.88. The first kappa shape index (κ1) is 14.2. The highest BCUT2D eigenvalue weighted by Crippen LogP contribution is 2.12. The van der Waals surface area contributed by atoms with E-state index in [4.69, 9.17) is 5.11 Å². The largest absolute Gasteiger partial charge is 0.392 e. The fourth-order valence-electron chi connectivity index (χ4n) is 1.88. The monoisotopic (exact) mass is 273 g/mol. The molecule has 2 aromatic rings. The minimum Gasteiger partial charge on any atom is -0.392 e. The molecule has 0 spiro atoms. The maximum atomic E-state index is 12.7. The number of aliphatic hydroxyl groups excluding tert-OH is 1. The maximum Gasteiger partial charge on any atom is 0.224 e. The lowest BCUT2D eigenvalue weighted by molar-refractivity contribution is -0.116. The molecule has 0 unspecified atom stereocenters. The predicted molar refractivity (Wildman–Crippen MR) is 75.7 cm³/mol. The van der Waals surface area contributed by atoms with Crippen molar-refractivity contribution in [3.63, 3.8) is 0 Å². The van der Waals surface area contributed by atoms with Crippen LogP contribution in [0.1, 0.15) is 17.5 Å². The van der Waals surface area contributed by atoms with E-state index in [1.165, 1.54) is 12.1 Å². The summed E-state index contributed by atoms with van der Waals surface area (Å²) in [4.78, 5) is 11.8. The number of amides is 1. The van der Waals surface area contributed by atoms with Crippen LogP contribution in [0.5, 0.6) is 0 Å². The molecule has 104 valence electrons. The van der Waals surface area contributed by atoms with Crippen molar-refractivity contribution in [1.29, 1.82) is 0 Å². The summed E-state index contributed by atoms with van der Waals surface area (Å²) in [7, 11) is 0. The highest BCUT2D eigenvalue weighted by molar-refractivity contribution is 5.90. The van der Waals surface area contributed by atoms with Gasteiger partial charge in [0.05, 0.1) is 6.61 Å². The van der Waals surface area contributed by atoms with Crippen LogP contribution in [0.2, 0.25) is 0 Å². The number of hydrogen-bond acceptors (Lipinski definition) is 2. The molecular weight excluding hydrogens is 257 g/mol. The Balaban J connectivity index is 1.87. The average Bonchev–Trinajstić information content (AvgIpc) is 2.47. The number of nitrogens with one attached hydrogen (secondary N) is 1. The molecule has 3 nitrogen and oxygen atoms in total. The summed E-state index contributed by atoms with van der Waals surface area (Å²) in [5.74, 6) is -0.386. The van der Waals surface area contributed by atoms with Gasteiger partial charge in [-0.2, -0.15) is 0 Å². The van der Waals surface area contributed by atoms with Crippen LogP contribution >= 0.6 is 0 Å². The third-order valence-electron chi connectivity index (χ3n) is 2.95. The number of benzene rings is 2. The molecular formula is C16H16FNO2. The SMILES string of the molecule is O=C(CCc1ccc(F)cc1)Nc1cccc(CO)c1. The summed E-state index contributed by atoms with van der Waals surface area (Å²) in [6.45, 7) is -0.0563. The third kappa shape index (κ3) is 4.17. The minimum absolute atomic E-state index is 0.0563. The van der Waals surface area contributed by atoms with Crippen LogP contribution in [0.15, 0.2) is 48.5 Å². The van der Waals surface area contributed by atoms with Crippen LogP contribution in [0.25, 0.3) is 0 Å². The van der Waals surface area contributed by atoms with Gasteiger partial charge >= 0.3 is 0 Å². The Hall–Kier alpha value is -2.20. The zero-order valence-corrected chi connectivity index (χ0v) is 11.0.